The molecule has 1 aromatic carbocycles. The van der Waals surface area contributed by atoms with Crippen LogP contribution in [0.15, 0.2) is 29.3 Å². The zero-order chi connectivity index (χ0) is 20.0. The van der Waals surface area contributed by atoms with Crippen molar-refractivity contribution in [3.63, 3.8) is 0 Å². The molecule has 1 saturated heterocycles. The number of morpholine rings is 1. The molecule has 0 aromatic heterocycles. The van der Waals surface area contributed by atoms with Gasteiger partial charge in [0.1, 0.15) is 5.75 Å². The van der Waals surface area contributed by atoms with Gasteiger partial charge >= 0.3 is 0 Å². The highest BCUT2D eigenvalue weighted by Gasteiger charge is 2.09. The van der Waals surface area contributed by atoms with Crippen molar-refractivity contribution in [2.24, 2.45) is 4.99 Å². The summed E-state index contributed by atoms with van der Waals surface area (Å²) in [4.78, 5) is 9.28. The van der Waals surface area contributed by atoms with Crippen LogP contribution in [-0.4, -0.2) is 88.9 Å². The Labute approximate surface area is 170 Å². The van der Waals surface area contributed by atoms with E-state index in [4.69, 9.17) is 14.5 Å². The Balaban J connectivity index is 1.72. The molecule has 2 N–H and O–H groups in total. The highest BCUT2D eigenvalue weighted by molar-refractivity contribution is 5.79. The number of nitrogens with one attached hydrogen (secondary N) is 2. The van der Waals surface area contributed by atoms with E-state index in [9.17, 15) is 0 Å². The molecule has 1 fully saturated rings. The number of ether oxygens (including phenoxy) is 2. The Morgan fingerprint density at radius 1 is 1.18 bits per heavy atom. The lowest BCUT2D eigenvalue weighted by molar-refractivity contribution is 0.0389. The minimum absolute atomic E-state index is 0.647. The van der Waals surface area contributed by atoms with Gasteiger partial charge in [0.2, 0.25) is 0 Å². The van der Waals surface area contributed by atoms with E-state index in [0.29, 0.717) is 6.54 Å². The lowest BCUT2D eigenvalue weighted by atomic mass is 10.2. The largest absolute Gasteiger partial charge is 0.494 e. The molecule has 1 heterocycles. The van der Waals surface area contributed by atoms with Crippen LogP contribution >= 0.6 is 0 Å². The van der Waals surface area contributed by atoms with Crippen LogP contribution in [0.3, 0.4) is 0 Å². The quantitative estimate of drug-likeness (QED) is 0.338. The monoisotopic (exact) mass is 391 g/mol. The number of rotatable bonds is 11. The second-order valence-corrected chi connectivity index (χ2v) is 7.23. The Hall–Kier alpha value is -1.83. The summed E-state index contributed by atoms with van der Waals surface area (Å²) >= 11 is 0. The third-order valence-corrected chi connectivity index (χ3v) is 4.53. The Bertz CT molecular complexity index is 556. The smallest absolute Gasteiger partial charge is 0.191 e. The van der Waals surface area contributed by atoms with Crippen molar-refractivity contribution in [3.05, 3.63) is 29.8 Å². The maximum Gasteiger partial charge on any atom is 0.191 e. The van der Waals surface area contributed by atoms with Gasteiger partial charge in [0.15, 0.2) is 5.96 Å². The molecule has 0 spiro atoms. The summed E-state index contributed by atoms with van der Waals surface area (Å²) in [5.41, 5.74) is 1.17. The van der Waals surface area contributed by atoms with Gasteiger partial charge in [-0.25, -0.2) is 4.99 Å². The van der Waals surface area contributed by atoms with Gasteiger partial charge in [-0.15, -0.1) is 0 Å². The maximum absolute atomic E-state index is 5.79. The minimum Gasteiger partial charge on any atom is -0.494 e. The van der Waals surface area contributed by atoms with Crippen LogP contribution in [0.2, 0.25) is 0 Å². The number of guanidine groups is 1. The van der Waals surface area contributed by atoms with Gasteiger partial charge in [0, 0.05) is 39.3 Å². The van der Waals surface area contributed by atoms with E-state index in [1.165, 1.54) is 5.56 Å². The molecule has 0 unspecified atom stereocenters. The van der Waals surface area contributed by atoms with Gasteiger partial charge in [-0.3, -0.25) is 4.90 Å². The molecule has 0 atom stereocenters. The molecule has 2 rings (SSSR count). The average Bonchev–Trinajstić information content (AvgIpc) is 2.71. The second-order valence-electron chi connectivity index (χ2n) is 7.23. The van der Waals surface area contributed by atoms with Crippen molar-refractivity contribution in [1.82, 2.24) is 20.4 Å². The van der Waals surface area contributed by atoms with E-state index < -0.39 is 0 Å². The third-order valence-electron chi connectivity index (χ3n) is 4.53. The average molecular weight is 392 g/mol. The lowest BCUT2D eigenvalue weighted by Crippen LogP contribution is -2.44. The van der Waals surface area contributed by atoms with Crippen LogP contribution in [0.1, 0.15) is 18.9 Å². The van der Waals surface area contributed by atoms with Crippen LogP contribution in [0.5, 0.6) is 5.75 Å². The highest BCUT2D eigenvalue weighted by atomic mass is 16.5. The second kappa shape index (κ2) is 13.4. The molecule has 158 valence electrons. The van der Waals surface area contributed by atoms with E-state index in [0.717, 1.165) is 77.2 Å². The standard InChI is InChI=1S/C21H37N5O2/c1-4-22-21(23-10-12-26-13-16-27-17-14-26)24-18-19-6-8-20(9-7-19)28-15-5-11-25(2)3/h6-9H,4-5,10-18H2,1-3H3,(H2,22,23,24). The molecule has 1 aliphatic rings. The number of hydrogen-bond acceptors (Lipinski definition) is 5. The fraction of sp³-hybridized carbons (Fsp3) is 0.667. The molecular formula is C21H37N5O2. The summed E-state index contributed by atoms with van der Waals surface area (Å²) in [6.45, 7) is 11.0. The predicted octanol–water partition coefficient (Wildman–Crippen LogP) is 1.40. The molecule has 0 aliphatic carbocycles. The van der Waals surface area contributed by atoms with Crippen molar-refractivity contribution in [2.75, 3.05) is 73.2 Å². The lowest BCUT2D eigenvalue weighted by Gasteiger charge is -2.26. The fourth-order valence-corrected chi connectivity index (χ4v) is 2.93. The van der Waals surface area contributed by atoms with E-state index in [1.54, 1.807) is 0 Å². The molecule has 7 nitrogen and oxygen atoms in total. The molecule has 0 amide bonds. The molecule has 0 radical (unpaired) electrons. The first kappa shape index (κ1) is 22.5. The van der Waals surface area contributed by atoms with Crippen LogP contribution in [-0.2, 0) is 11.3 Å². The zero-order valence-corrected chi connectivity index (χ0v) is 17.7. The third kappa shape index (κ3) is 9.39. The molecular weight excluding hydrogens is 354 g/mol. The zero-order valence-electron chi connectivity index (χ0n) is 17.7. The van der Waals surface area contributed by atoms with Gasteiger partial charge in [-0.1, -0.05) is 12.1 Å². The molecule has 28 heavy (non-hydrogen) atoms. The van der Waals surface area contributed by atoms with Gasteiger partial charge in [0.05, 0.1) is 26.4 Å². The Morgan fingerprint density at radius 3 is 2.61 bits per heavy atom. The summed E-state index contributed by atoms with van der Waals surface area (Å²) < 4.78 is 11.2. The van der Waals surface area contributed by atoms with Crippen LogP contribution in [0, 0.1) is 0 Å². The van der Waals surface area contributed by atoms with E-state index in [-0.39, 0.29) is 0 Å². The fourth-order valence-electron chi connectivity index (χ4n) is 2.93. The van der Waals surface area contributed by atoms with Gasteiger partial charge < -0.3 is 25.0 Å². The van der Waals surface area contributed by atoms with Crippen molar-refractivity contribution in [2.45, 2.75) is 19.9 Å². The first-order valence-corrected chi connectivity index (χ1v) is 10.4. The van der Waals surface area contributed by atoms with Crippen LogP contribution in [0.25, 0.3) is 0 Å². The number of nitrogens with zero attached hydrogens (tertiary/aromatic N) is 3. The first-order valence-electron chi connectivity index (χ1n) is 10.4. The van der Waals surface area contributed by atoms with Crippen molar-refractivity contribution < 1.29 is 9.47 Å². The normalized spacial score (nSPS) is 15.6. The number of benzene rings is 1. The summed E-state index contributed by atoms with van der Waals surface area (Å²) in [5.74, 6) is 1.78. The van der Waals surface area contributed by atoms with Crippen LogP contribution in [0.4, 0.5) is 0 Å². The Kier molecular flexibility index (Phi) is 10.7. The molecule has 0 bridgehead atoms. The summed E-state index contributed by atoms with van der Waals surface area (Å²) in [5, 5.41) is 6.73. The van der Waals surface area contributed by atoms with Crippen LogP contribution < -0.4 is 15.4 Å². The van der Waals surface area contributed by atoms with E-state index in [2.05, 4.69) is 53.6 Å². The predicted molar refractivity (Wildman–Crippen MR) is 115 cm³/mol. The molecule has 0 saturated carbocycles. The minimum atomic E-state index is 0.647. The highest BCUT2D eigenvalue weighted by Crippen LogP contribution is 2.13. The van der Waals surface area contributed by atoms with Crippen molar-refractivity contribution >= 4 is 5.96 Å². The van der Waals surface area contributed by atoms with Crippen molar-refractivity contribution in [1.29, 1.82) is 0 Å². The number of aliphatic imine (C=N–C) groups is 1. The van der Waals surface area contributed by atoms with E-state index >= 15 is 0 Å². The molecule has 1 aliphatic heterocycles. The topological polar surface area (TPSA) is 61.4 Å². The SMILES string of the molecule is CCNC(=NCc1ccc(OCCCN(C)C)cc1)NCCN1CCOCC1. The molecule has 7 heteroatoms. The summed E-state index contributed by atoms with van der Waals surface area (Å²) in [6, 6.07) is 8.22. The van der Waals surface area contributed by atoms with Gasteiger partial charge in [0.25, 0.3) is 0 Å². The summed E-state index contributed by atoms with van der Waals surface area (Å²) in [6.07, 6.45) is 1.03. The summed E-state index contributed by atoms with van der Waals surface area (Å²) in [7, 11) is 4.16. The maximum atomic E-state index is 5.79. The van der Waals surface area contributed by atoms with E-state index in [1.807, 2.05) is 12.1 Å². The van der Waals surface area contributed by atoms with Gasteiger partial charge in [-0.2, -0.15) is 0 Å². The van der Waals surface area contributed by atoms with Gasteiger partial charge in [-0.05, 0) is 45.1 Å². The Morgan fingerprint density at radius 2 is 1.93 bits per heavy atom. The number of hydrogen-bond donors (Lipinski definition) is 2. The van der Waals surface area contributed by atoms with Crippen molar-refractivity contribution in [3.8, 4) is 5.75 Å². The molecule has 1 aromatic rings. The first-order chi connectivity index (χ1) is 13.7.